The van der Waals surface area contributed by atoms with Crippen LogP contribution in [-0.2, 0) is 22.4 Å². The molecule has 0 aliphatic rings. The molecule has 0 bridgehead atoms. The molecule has 0 saturated heterocycles. The molecule has 1 heterocycles. The molecule has 0 fully saturated rings. The van der Waals surface area contributed by atoms with Crippen molar-refractivity contribution in [2.75, 3.05) is 20.3 Å². The van der Waals surface area contributed by atoms with Crippen LogP contribution in [0.5, 0.6) is 5.75 Å². The number of benzene rings is 1. The molecule has 0 radical (unpaired) electrons. The van der Waals surface area contributed by atoms with Crippen LogP contribution >= 0.6 is 0 Å². The summed E-state index contributed by atoms with van der Waals surface area (Å²) in [6.45, 7) is 11.5. The Morgan fingerprint density at radius 1 is 1.13 bits per heavy atom. The van der Waals surface area contributed by atoms with Crippen LogP contribution in [0.3, 0.4) is 0 Å². The standard InChI is InChI=1S/C23H33NO6Si/c1-23(2,3)31(5,6)29-16-18-14-19(25)20(28-15-17-10-8-7-9-11-17)21(30-18)22(26)24-12-13-27-4/h7-11,14H,12-13,15-16H2,1-6H3,(H,24,26). The molecule has 1 N–H and O–H groups in total. The average Bonchev–Trinajstić information content (AvgIpc) is 2.71. The maximum Gasteiger partial charge on any atom is 0.291 e. The van der Waals surface area contributed by atoms with Crippen molar-refractivity contribution < 1.29 is 23.1 Å². The van der Waals surface area contributed by atoms with Gasteiger partial charge in [0.25, 0.3) is 5.91 Å². The molecular formula is C23H33NO6Si. The molecule has 0 unspecified atom stereocenters. The third-order valence-corrected chi connectivity index (χ3v) is 9.84. The molecule has 1 aromatic carbocycles. The molecule has 1 amide bonds. The highest BCUT2D eigenvalue weighted by atomic mass is 28.4. The Kier molecular flexibility index (Phi) is 8.61. The highest BCUT2D eigenvalue weighted by molar-refractivity contribution is 6.74. The van der Waals surface area contributed by atoms with E-state index in [2.05, 4.69) is 39.2 Å². The van der Waals surface area contributed by atoms with Gasteiger partial charge in [-0.15, -0.1) is 0 Å². The molecule has 31 heavy (non-hydrogen) atoms. The minimum Gasteiger partial charge on any atom is -0.481 e. The van der Waals surface area contributed by atoms with Crippen molar-refractivity contribution in [1.82, 2.24) is 5.32 Å². The second-order valence-corrected chi connectivity index (χ2v) is 13.6. The number of carbonyl (C=O) groups excluding carboxylic acids is 1. The summed E-state index contributed by atoms with van der Waals surface area (Å²) in [6, 6.07) is 10.7. The first-order valence-electron chi connectivity index (χ1n) is 10.3. The van der Waals surface area contributed by atoms with Crippen molar-refractivity contribution in [2.24, 2.45) is 0 Å². The lowest BCUT2D eigenvalue weighted by Gasteiger charge is -2.35. The Balaban J connectivity index is 2.29. The molecule has 170 valence electrons. The molecule has 7 nitrogen and oxygen atoms in total. The van der Waals surface area contributed by atoms with Gasteiger partial charge in [-0.25, -0.2) is 0 Å². The normalized spacial score (nSPS) is 11.9. The van der Waals surface area contributed by atoms with Gasteiger partial charge in [-0.05, 0) is 23.7 Å². The Labute approximate surface area is 184 Å². The van der Waals surface area contributed by atoms with Crippen LogP contribution in [0.25, 0.3) is 0 Å². The number of amides is 1. The molecule has 0 aliphatic carbocycles. The van der Waals surface area contributed by atoms with Crippen molar-refractivity contribution in [3.63, 3.8) is 0 Å². The van der Waals surface area contributed by atoms with Crippen molar-refractivity contribution >= 4 is 14.2 Å². The van der Waals surface area contributed by atoms with E-state index < -0.39 is 19.7 Å². The largest absolute Gasteiger partial charge is 0.481 e. The van der Waals surface area contributed by atoms with Crippen LogP contribution in [0, 0.1) is 0 Å². The summed E-state index contributed by atoms with van der Waals surface area (Å²) in [7, 11) is -0.518. The minimum atomic E-state index is -2.06. The van der Waals surface area contributed by atoms with Crippen LogP contribution in [0.15, 0.2) is 45.6 Å². The molecule has 1 aromatic heterocycles. The summed E-state index contributed by atoms with van der Waals surface area (Å²) in [5, 5.41) is 2.69. The van der Waals surface area contributed by atoms with Crippen LogP contribution in [0.2, 0.25) is 18.1 Å². The van der Waals surface area contributed by atoms with Gasteiger partial charge in [0.1, 0.15) is 12.4 Å². The van der Waals surface area contributed by atoms with E-state index in [1.807, 2.05) is 30.3 Å². The summed E-state index contributed by atoms with van der Waals surface area (Å²) in [5.74, 6) is -0.520. The van der Waals surface area contributed by atoms with Gasteiger partial charge >= 0.3 is 0 Å². The number of ether oxygens (including phenoxy) is 2. The number of hydrogen-bond acceptors (Lipinski definition) is 6. The van der Waals surface area contributed by atoms with Gasteiger partial charge in [0.15, 0.2) is 8.32 Å². The number of nitrogens with one attached hydrogen (secondary N) is 1. The molecule has 0 atom stereocenters. The first kappa shape index (κ1) is 24.8. The van der Waals surface area contributed by atoms with E-state index in [9.17, 15) is 9.59 Å². The lowest BCUT2D eigenvalue weighted by atomic mass is 10.2. The van der Waals surface area contributed by atoms with Crippen molar-refractivity contribution in [3.8, 4) is 5.75 Å². The zero-order valence-corrected chi connectivity index (χ0v) is 20.2. The van der Waals surface area contributed by atoms with E-state index in [1.54, 1.807) is 7.11 Å². The zero-order valence-electron chi connectivity index (χ0n) is 19.2. The van der Waals surface area contributed by atoms with Crippen LogP contribution in [0.1, 0.15) is 42.6 Å². The molecular weight excluding hydrogens is 414 g/mol. The number of rotatable bonds is 10. The molecule has 2 aromatic rings. The predicted octanol–water partition coefficient (Wildman–Crippen LogP) is 4.12. The Hall–Kier alpha value is -2.42. The SMILES string of the molecule is COCCNC(=O)c1oc(CO[Si](C)(C)C(C)(C)C)cc(=O)c1OCc1ccccc1. The summed E-state index contributed by atoms with van der Waals surface area (Å²) in [6.07, 6.45) is 0. The second kappa shape index (κ2) is 10.7. The Bertz CT molecular complexity index is 918. The highest BCUT2D eigenvalue weighted by Gasteiger charge is 2.37. The van der Waals surface area contributed by atoms with Crippen molar-refractivity contribution in [1.29, 1.82) is 0 Å². The van der Waals surface area contributed by atoms with E-state index >= 15 is 0 Å². The maximum absolute atomic E-state index is 12.8. The zero-order chi connectivity index (χ0) is 23.1. The number of hydrogen-bond donors (Lipinski definition) is 1. The quantitative estimate of drug-likeness (QED) is 0.436. The summed E-state index contributed by atoms with van der Waals surface area (Å²) in [4.78, 5) is 25.5. The smallest absolute Gasteiger partial charge is 0.291 e. The summed E-state index contributed by atoms with van der Waals surface area (Å²) < 4.78 is 22.6. The van der Waals surface area contributed by atoms with Gasteiger partial charge in [-0.1, -0.05) is 51.1 Å². The lowest BCUT2D eigenvalue weighted by molar-refractivity contribution is 0.0892. The Morgan fingerprint density at radius 2 is 1.81 bits per heavy atom. The van der Waals surface area contributed by atoms with E-state index in [1.165, 1.54) is 6.07 Å². The highest BCUT2D eigenvalue weighted by Crippen LogP contribution is 2.37. The fraction of sp³-hybridized carbons (Fsp3) is 0.478. The van der Waals surface area contributed by atoms with Gasteiger partial charge in [0.05, 0.1) is 13.2 Å². The molecule has 8 heteroatoms. The van der Waals surface area contributed by atoms with Crippen LogP contribution < -0.4 is 15.5 Å². The third-order valence-electron chi connectivity index (χ3n) is 5.36. The van der Waals surface area contributed by atoms with Gasteiger partial charge < -0.3 is 23.6 Å². The Morgan fingerprint density at radius 3 is 2.42 bits per heavy atom. The minimum absolute atomic E-state index is 0.00634. The maximum atomic E-state index is 12.8. The number of methoxy groups -OCH3 is 1. The monoisotopic (exact) mass is 447 g/mol. The van der Waals surface area contributed by atoms with Crippen molar-refractivity contribution in [3.05, 3.63) is 63.7 Å². The van der Waals surface area contributed by atoms with Gasteiger partial charge in [0.2, 0.25) is 16.9 Å². The fourth-order valence-corrected chi connectivity index (χ4v) is 3.37. The van der Waals surface area contributed by atoms with Gasteiger partial charge in [0, 0.05) is 19.7 Å². The lowest BCUT2D eigenvalue weighted by Crippen LogP contribution is -2.40. The van der Waals surface area contributed by atoms with Gasteiger partial charge in [-0.2, -0.15) is 0 Å². The first-order chi connectivity index (χ1) is 14.5. The fourth-order valence-electron chi connectivity index (χ4n) is 2.43. The topological polar surface area (TPSA) is 87.0 Å². The second-order valence-electron chi connectivity index (χ2n) is 8.81. The predicted molar refractivity (Wildman–Crippen MR) is 122 cm³/mol. The van der Waals surface area contributed by atoms with Crippen LogP contribution in [-0.4, -0.2) is 34.5 Å². The van der Waals surface area contributed by atoms with Gasteiger partial charge in [-0.3, -0.25) is 9.59 Å². The average molecular weight is 448 g/mol. The number of carbonyl (C=O) groups is 1. The van der Waals surface area contributed by atoms with E-state index in [-0.39, 0.29) is 36.3 Å². The van der Waals surface area contributed by atoms with Crippen molar-refractivity contribution in [2.45, 2.75) is 52.1 Å². The van der Waals surface area contributed by atoms with E-state index in [0.717, 1.165) is 5.56 Å². The molecule has 0 saturated carbocycles. The van der Waals surface area contributed by atoms with E-state index in [4.69, 9.17) is 18.3 Å². The summed E-state index contributed by atoms with van der Waals surface area (Å²) in [5.41, 5.74) is 0.450. The van der Waals surface area contributed by atoms with Crippen LogP contribution in [0.4, 0.5) is 0 Å². The van der Waals surface area contributed by atoms with E-state index in [0.29, 0.717) is 12.4 Å². The molecule has 2 rings (SSSR count). The summed E-state index contributed by atoms with van der Waals surface area (Å²) >= 11 is 0. The first-order valence-corrected chi connectivity index (χ1v) is 13.2. The molecule has 0 spiro atoms. The third kappa shape index (κ3) is 7.05. The molecule has 0 aliphatic heterocycles.